The summed E-state index contributed by atoms with van der Waals surface area (Å²) in [5, 5.41) is 11.8. The zero-order valence-corrected chi connectivity index (χ0v) is 12.4. The van der Waals surface area contributed by atoms with Crippen molar-refractivity contribution in [3.8, 4) is 0 Å². The summed E-state index contributed by atoms with van der Waals surface area (Å²) in [4.78, 5) is 12.2. The maximum Gasteiger partial charge on any atom is 0.352 e. The predicted octanol–water partition coefficient (Wildman–Crippen LogP) is 1.59. The van der Waals surface area contributed by atoms with E-state index in [0.717, 1.165) is 0 Å². The number of rotatable bonds is 5. The van der Waals surface area contributed by atoms with Crippen LogP contribution in [0, 0.1) is 0 Å². The monoisotopic (exact) mass is 317 g/mol. The number of benzene rings is 1. The third-order valence-electron chi connectivity index (χ3n) is 3.76. The van der Waals surface area contributed by atoms with Gasteiger partial charge < -0.3 is 10.4 Å². The second-order valence-corrected chi connectivity index (χ2v) is 6.62. The lowest BCUT2D eigenvalue weighted by atomic mass is 9.75. The third-order valence-corrected chi connectivity index (χ3v) is 4.69. The van der Waals surface area contributed by atoms with Gasteiger partial charge >= 0.3 is 5.92 Å². The van der Waals surface area contributed by atoms with Gasteiger partial charge in [-0.1, -0.05) is 12.1 Å². The van der Waals surface area contributed by atoms with Crippen molar-refractivity contribution >= 4 is 16.7 Å². The zero-order valence-electron chi connectivity index (χ0n) is 11.6. The zero-order chi connectivity index (χ0) is 15.7. The summed E-state index contributed by atoms with van der Waals surface area (Å²) < 4.78 is 38.9. The molecule has 1 saturated carbocycles. The molecule has 21 heavy (non-hydrogen) atoms. The molecule has 1 fully saturated rings. The molecule has 1 aliphatic rings. The minimum atomic E-state index is -3.78. The van der Waals surface area contributed by atoms with Gasteiger partial charge in [0.05, 0.1) is 0 Å². The van der Waals surface area contributed by atoms with Crippen LogP contribution in [-0.4, -0.2) is 33.0 Å². The Kier molecular flexibility index (Phi) is 4.43. The molecule has 0 aliphatic heterocycles. The van der Waals surface area contributed by atoms with E-state index in [1.165, 1.54) is 6.26 Å². The number of alkyl halides is 2. The minimum absolute atomic E-state index is 0.0650. The van der Waals surface area contributed by atoms with Gasteiger partial charge in [-0.05, 0) is 37.0 Å². The van der Waals surface area contributed by atoms with E-state index in [4.69, 9.17) is 0 Å². The van der Waals surface area contributed by atoms with E-state index in [0.29, 0.717) is 16.9 Å². The molecule has 7 heteroatoms. The molecule has 0 spiro atoms. The second-order valence-electron chi connectivity index (χ2n) is 5.24. The second kappa shape index (κ2) is 5.81. The molecule has 0 radical (unpaired) electrons. The van der Waals surface area contributed by atoms with Crippen LogP contribution in [0.3, 0.4) is 0 Å². The van der Waals surface area contributed by atoms with E-state index < -0.39 is 28.2 Å². The highest BCUT2D eigenvalue weighted by atomic mass is 32.2. The maximum atomic E-state index is 13.8. The number of hydrogen-bond acceptors (Lipinski definition) is 3. The largest absolute Gasteiger partial charge is 0.383 e. The molecular weight excluding hydrogens is 300 g/mol. The van der Waals surface area contributed by atoms with Gasteiger partial charge in [0.15, 0.2) is 0 Å². The fraction of sp³-hybridized carbons (Fsp3) is 0.500. The molecule has 116 valence electrons. The molecule has 0 bridgehead atoms. The molecule has 1 aliphatic carbocycles. The summed E-state index contributed by atoms with van der Waals surface area (Å²) in [6.45, 7) is -0.0683. The van der Waals surface area contributed by atoms with E-state index in [1.807, 2.05) is 0 Å². The van der Waals surface area contributed by atoms with E-state index in [1.54, 1.807) is 24.3 Å². The van der Waals surface area contributed by atoms with Gasteiger partial charge in [-0.25, -0.2) is 0 Å². The SMILES string of the molecule is CS(=O)c1ccc(CNC(=O)C(F)(F)C2(O)CCC2)cc1. The smallest absolute Gasteiger partial charge is 0.352 e. The van der Waals surface area contributed by atoms with Gasteiger partial charge in [-0.2, -0.15) is 8.78 Å². The molecule has 1 atom stereocenters. The lowest BCUT2D eigenvalue weighted by Gasteiger charge is -2.41. The average molecular weight is 317 g/mol. The van der Waals surface area contributed by atoms with Crippen LogP contribution in [0.15, 0.2) is 29.2 Å². The fourth-order valence-corrected chi connectivity index (χ4v) is 2.65. The summed E-state index contributed by atoms with van der Waals surface area (Å²) in [7, 11) is -1.11. The van der Waals surface area contributed by atoms with Crippen LogP contribution in [0.4, 0.5) is 8.78 Å². The van der Waals surface area contributed by atoms with Gasteiger partial charge in [0.2, 0.25) is 0 Å². The lowest BCUT2D eigenvalue weighted by Crippen LogP contribution is -2.60. The van der Waals surface area contributed by atoms with Crippen LogP contribution in [0.5, 0.6) is 0 Å². The quantitative estimate of drug-likeness (QED) is 0.867. The molecule has 1 aromatic rings. The molecule has 0 heterocycles. The van der Waals surface area contributed by atoms with Gasteiger partial charge in [0.25, 0.3) is 5.91 Å². The van der Waals surface area contributed by atoms with Crippen molar-refractivity contribution < 1.29 is 22.9 Å². The molecule has 0 saturated heterocycles. The van der Waals surface area contributed by atoms with E-state index in [-0.39, 0.29) is 19.4 Å². The van der Waals surface area contributed by atoms with Crippen LogP contribution in [-0.2, 0) is 22.1 Å². The molecule has 1 aromatic carbocycles. The highest BCUT2D eigenvalue weighted by molar-refractivity contribution is 7.84. The van der Waals surface area contributed by atoms with Crippen LogP contribution in [0.25, 0.3) is 0 Å². The van der Waals surface area contributed by atoms with E-state index in [9.17, 15) is 22.9 Å². The maximum absolute atomic E-state index is 13.8. The molecule has 4 nitrogen and oxygen atoms in total. The Morgan fingerprint density at radius 3 is 2.38 bits per heavy atom. The predicted molar refractivity (Wildman–Crippen MR) is 74.4 cm³/mol. The number of nitrogens with one attached hydrogen (secondary N) is 1. The molecule has 2 N–H and O–H groups in total. The summed E-state index contributed by atoms with van der Waals surface area (Å²) in [6.07, 6.45) is 1.90. The number of carbonyl (C=O) groups excluding carboxylic acids is 1. The molecule has 0 aromatic heterocycles. The number of carbonyl (C=O) groups is 1. The number of amides is 1. The van der Waals surface area contributed by atoms with Gasteiger partial charge in [0.1, 0.15) is 5.60 Å². The van der Waals surface area contributed by atoms with Crippen LogP contribution >= 0.6 is 0 Å². The van der Waals surface area contributed by atoms with Gasteiger partial charge in [-0.15, -0.1) is 0 Å². The Bertz CT molecular complexity index is 556. The normalized spacial score (nSPS) is 18.7. The first kappa shape index (κ1) is 16.0. The van der Waals surface area contributed by atoms with Gasteiger partial charge in [0, 0.05) is 28.5 Å². The summed E-state index contributed by atoms with van der Waals surface area (Å²) in [5.74, 6) is -5.25. The first-order chi connectivity index (χ1) is 9.76. The van der Waals surface area contributed by atoms with Crippen molar-refractivity contribution in [3.05, 3.63) is 29.8 Å². The Morgan fingerprint density at radius 1 is 1.38 bits per heavy atom. The first-order valence-corrected chi connectivity index (χ1v) is 8.13. The number of aliphatic hydroxyl groups is 1. The number of halogens is 2. The highest BCUT2D eigenvalue weighted by Crippen LogP contribution is 2.44. The molecular formula is C14H17F2NO3S. The van der Waals surface area contributed by atoms with Crippen LogP contribution in [0.2, 0.25) is 0 Å². The Hall–Kier alpha value is -1.34. The fourth-order valence-electron chi connectivity index (χ4n) is 2.13. The van der Waals surface area contributed by atoms with Crippen LogP contribution in [0.1, 0.15) is 24.8 Å². The minimum Gasteiger partial charge on any atom is -0.383 e. The third kappa shape index (κ3) is 3.13. The summed E-state index contributed by atoms with van der Waals surface area (Å²) in [5.41, 5.74) is -1.59. The first-order valence-electron chi connectivity index (χ1n) is 6.57. The molecule has 1 unspecified atom stereocenters. The van der Waals surface area contributed by atoms with Crippen molar-refractivity contribution in [2.24, 2.45) is 0 Å². The standard InChI is InChI=1S/C14H17F2NO3S/c1-21(20)11-5-3-10(4-6-11)9-17-12(18)14(15,16)13(19)7-2-8-13/h3-6,19H,2,7-9H2,1H3,(H,17,18). The van der Waals surface area contributed by atoms with Crippen molar-refractivity contribution in [1.82, 2.24) is 5.32 Å². The van der Waals surface area contributed by atoms with Crippen LogP contribution < -0.4 is 5.32 Å². The van der Waals surface area contributed by atoms with Gasteiger partial charge in [-0.3, -0.25) is 9.00 Å². The summed E-state index contributed by atoms with van der Waals surface area (Å²) >= 11 is 0. The topological polar surface area (TPSA) is 66.4 Å². The van der Waals surface area contributed by atoms with Crippen molar-refractivity contribution in [2.75, 3.05) is 6.26 Å². The molecule has 1 amide bonds. The Morgan fingerprint density at radius 2 is 1.95 bits per heavy atom. The van der Waals surface area contributed by atoms with E-state index >= 15 is 0 Å². The Balaban J connectivity index is 1.96. The number of hydrogen-bond donors (Lipinski definition) is 2. The summed E-state index contributed by atoms with van der Waals surface area (Å²) in [6, 6.07) is 6.48. The molecule has 2 rings (SSSR count). The Labute approximate surface area is 124 Å². The van der Waals surface area contributed by atoms with Crippen molar-refractivity contribution in [3.63, 3.8) is 0 Å². The average Bonchev–Trinajstić information content (AvgIpc) is 2.42. The highest BCUT2D eigenvalue weighted by Gasteiger charge is 2.60. The van der Waals surface area contributed by atoms with Crippen molar-refractivity contribution in [1.29, 1.82) is 0 Å². The van der Waals surface area contributed by atoms with E-state index in [2.05, 4.69) is 5.32 Å². The lowest BCUT2D eigenvalue weighted by molar-refractivity contribution is -0.216. The van der Waals surface area contributed by atoms with Crippen molar-refractivity contribution in [2.45, 2.75) is 42.2 Å².